The fourth-order valence-corrected chi connectivity index (χ4v) is 2.78. The van der Waals surface area contributed by atoms with E-state index in [9.17, 15) is 4.79 Å². The van der Waals surface area contributed by atoms with E-state index in [1.165, 1.54) is 6.42 Å². The van der Waals surface area contributed by atoms with E-state index < -0.39 is 5.54 Å². The van der Waals surface area contributed by atoms with Crippen LogP contribution in [0.25, 0.3) is 0 Å². The standard InChI is InChI=1S/C17H26N2O2/c1-12(2)21-14-7-8-15(13(3)11-14)19-16(20)17(18)9-5-4-6-10-17/h7-8,11-12H,4-6,9-10,18H2,1-3H3,(H,19,20). The summed E-state index contributed by atoms with van der Waals surface area (Å²) in [6.07, 6.45) is 4.92. The number of hydrogen-bond donors (Lipinski definition) is 2. The van der Waals surface area contributed by atoms with Crippen molar-refractivity contribution < 1.29 is 9.53 Å². The van der Waals surface area contributed by atoms with Gasteiger partial charge in [0.15, 0.2) is 0 Å². The lowest BCUT2D eigenvalue weighted by molar-refractivity contribution is -0.122. The van der Waals surface area contributed by atoms with Gasteiger partial charge in [0, 0.05) is 5.69 Å². The monoisotopic (exact) mass is 290 g/mol. The smallest absolute Gasteiger partial charge is 0.244 e. The number of rotatable bonds is 4. The van der Waals surface area contributed by atoms with Crippen LogP contribution in [0.3, 0.4) is 0 Å². The molecule has 0 bridgehead atoms. The molecule has 0 atom stereocenters. The van der Waals surface area contributed by atoms with Gasteiger partial charge in [-0.3, -0.25) is 4.79 Å². The van der Waals surface area contributed by atoms with Crippen LogP contribution in [0.4, 0.5) is 5.69 Å². The first-order valence-corrected chi connectivity index (χ1v) is 7.78. The second-order valence-electron chi connectivity index (χ2n) is 6.31. The van der Waals surface area contributed by atoms with Gasteiger partial charge in [0.25, 0.3) is 0 Å². The van der Waals surface area contributed by atoms with Crippen molar-refractivity contribution in [2.24, 2.45) is 5.73 Å². The summed E-state index contributed by atoms with van der Waals surface area (Å²) < 4.78 is 5.65. The third-order valence-electron chi connectivity index (χ3n) is 4.02. The third kappa shape index (κ3) is 3.97. The first kappa shape index (κ1) is 15.8. The van der Waals surface area contributed by atoms with Crippen molar-refractivity contribution >= 4 is 11.6 Å². The summed E-state index contributed by atoms with van der Waals surface area (Å²) in [6.45, 7) is 5.95. The number of aryl methyl sites for hydroxylation is 1. The molecular formula is C17H26N2O2. The maximum Gasteiger partial charge on any atom is 0.244 e. The molecular weight excluding hydrogens is 264 g/mol. The highest BCUT2D eigenvalue weighted by atomic mass is 16.5. The second kappa shape index (κ2) is 6.48. The summed E-state index contributed by atoms with van der Waals surface area (Å²) >= 11 is 0. The Hall–Kier alpha value is -1.55. The summed E-state index contributed by atoms with van der Waals surface area (Å²) in [4.78, 5) is 12.4. The van der Waals surface area contributed by atoms with Crippen molar-refractivity contribution in [2.45, 2.75) is 64.5 Å². The Morgan fingerprint density at radius 3 is 2.52 bits per heavy atom. The molecule has 0 unspecified atom stereocenters. The lowest BCUT2D eigenvalue weighted by Gasteiger charge is -2.32. The molecule has 116 valence electrons. The molecule has 3 N–H and O–H groups in total. The van der Waals surface area contributed by atoms with E-state index in [1.807, 2.05) is 39.0 Å². The van der Waals surface area contributed by atoms with Crippen molar-refractivity contribution in [3.8, 4) is 5.75 Å². The Morgan fingerprint density at radius 2 is 1.95 bits per heavy atom. The third-order valence-corrected chi connectivity index (χ3v) is 4.02. The zero-order valence-electron chi connectivity index (χ0n) is 13.2. The van der Waals surface area contributed by atoms with Gasteiger partial charge in [-0.05, 0) is 57.4 Å². The minimum Gasteiger partial charge on any atom is -0.491 e. The molecule has 1 aliphatic carbocycles. The first-order chi connectivity index (χ1) is 9.90. The molecule has 4 heteroatoms. The zero-order chi connectivity index (χ0) is 15.5. The average molecular weight is 290 g/mol. The van der Waals surface area contributed by atoms with Gasteiger partial charge in [0.05, 0.1) is 11.6 Å². The number of carbonyl (C=O) groups excluding carboxylic acids is 1. The van der Waals surface area contributed by atoms with Crippen LogP contribution in [0.5, 0.6) is 5.75 Å². The van der Waals surface area contributed by atoms with Gasteiger partial charge in [-0.1, -0.05) is 19.3 Å². The minimum atomic E-state index is -0.711. The molecule has 21 heavy (non-hydrogen) atoms. The topological polar surface area (TPSA) is 64.3 Å². The molecule has 2 rings (SSSR count). The molecule has 0 saturated heterocycles. The lowest BCUT2D eigenvalue weighted by atomic mass is 9.82. The molecule has 1 saturated carbocycles. The van der Waals surface area contributed by atoms with Crippen LogP contribution >= 0.6 is 0 Å². The molecule has 1 aliphatic rings. The van der Waals surface area contributed by atoms with Gasteiger partial charge < -0.3 is 15.8 Å². The van der Waals surface area contributed by atoms with Crippen molar-refractivity contribution in [1.29, 1.82) is 0 Å². The number of benzene rings is 1. The summed E-state index contributed by atoms with van der Waals surface area (Å²) in [5.41, 5.74) is 7.35. The van der Waals surface area contributed by atoms with E-state index in [0.717, 1.165) is 42.7 Å². The van der Waals surface area contributed by atoms with E-state index in [0.29, 0.717) is 0 Å². The van der Waals surface area contributed by atoms with Crippen LogP contribution in [0, 0.1) is 6.92 Å². The Bertz CT molecular complexity index is 506. The highest BCUT2D eigenvalue weighted by molar-refractivity contribution is 5.98. The van der Waals surface area contributed by atoms with Crippen LogP contribution in [-0.4, -0.2) is 17.6 Å². The summed E-state index contributed by atoms with van der Waals surface area (Å²) in [5, 5.41) is 2.98. The molecule has 4 nitrogen and oxygen atoms in total. The van der Waals surface area contributed by atoms with Crippen molar-refractivity contribution in [1.82, 2.24) is 0 Å². The van der Waals surface area contributed by atoms with Crippen LogP contribution in [0.15, 0.2) is 18.2 Å². The SMILES string of the molecule is Cc1cc(OC(C)C)ccc1NC(=O)C1(N)CCCCC1. The van der Waals surface area contributed by atoms with E-state index in [2.05, 4.69) is 5.32 Å². The quantitative estimate of drug-likeness (QED) is 0.893. The summed E-state index contributed by atoms with van der Waals surface area (Å²) in [6, 6.07) is 5.71. The Morgan fingerprint density at radius 1 is 1.29 bits per heavy atom. The first-order valence-electron chi connectivity index (χ1n) is 7.78. The highest BCUT2D eigenvalue weighted by Gasteiger charge is 2.35. The van der Waals surface area contributed by atoms with Crippen LogP contribution in [0.1, 0.15) is 51.5 Å². The minimum absolute atomic E-state index is 0.0668. The largest absolute Gasteiger partial charge is 0.491 e. The number of carbonyl (C=O) groups is 1. The number of hydrogen-bond acceptors (Lipinski definition) is 3. The zero-order valence-corrected chi connectivity index (χ0v) is 13.2. The normalized spacial score (nSPS) is 17.6. The number of ether oxygens (including phenoxy) is 1. The molecule has 1 aromatic rings. The lowest BCUT2D eigenvalue weighted by Crippen LogP contribution is -2.52. The molecule has 0 spiro atoms. The highest BCUT2D eigenvalue weighted by Crippen LogP contribution is 2.28. The maximum absolute atomic E-state index is 12.4. The van der Waals surface area contributed by atoms with Crippen molar-refractivity contribution in [3.05, 3.63) is 23.8 Å². The van der Waals surface area contributed by atoms with Gasteiger partial charge >= 0.3 is 0 Å². The van der Waals surface area contributed by atoms with E-state index in [1.54, 1.807) is 0 Å². The molecule has 1 aromatic carbocycles. The fraction of sp³-hybridized carbons (Fsp3) is 0.588. The van der Waals surface area contributed by atoms with Gasteiger partial charge in [-0.25, -0.2) is 0 Å². The molecule has 0 aromatic heterocycles. The number of nitrogens with one attached hydrogen (secondary N) is 1. The predicted molar refractivity (Wildman–Crippen MR) is 85.6 cm³/mol. The van der Waals surface area contributed by atoms with Crippen molar-refractivity contribution in [2.75, 3.05) is 5.32 Å². The van der Waals surface area contributed by atoms with E-state index in [-0.39, 0.29) is 12.0 Å². The molecule has 0 radical (unpaired) electrons. The number of anilines is 1. The van der Waals surface area contributed by atoms with Crippen LogP contribution in [0.2, 0.25) is 0 Å². The predicted octanol–water partition coefficient (Wildman–Crippen LogP) is 3.38. The van der Waals surface area contributed by atoms with Crippen molar-refractivity contribution in [3.63, 3.8) is 0 Å². The van der Waals surface area contributed by atoms with Gasteiger partial charge in [-0.2, -0.15) is 0 Å². The van der Waals surface area contributed by atoms with Gasteiger partial charge in [0.1, 0.15) is 5.75 Å². The van der Waals surface area contributed by atoms with Gasteiger partial charge in [0.2, 0.25) is 5.91 Å². The summed E-state index contributed by atoms with van der Waals surface area (Å²) in [7, 11) is 0. The summed E-state index contributed by atoms with van der Waals surface area (Å²) in [5.74, 6) is 0.753. The fourth-order valence-electron chi connectivity index (χ4n) is 2.78. The maximum atomic E-state index is 12.4. The molecule has 0 aliphatic heterocycles. The molecule has 1 amide bonds. The van der Waals surface area contributed by atoms with Crippen LogP contribution < -0.4 is 15.8 Å². The molecule has 1 fully saturated rings. The number of nitrogens with two attached hydrogens (primary N) is 1. The average Bonchev–Trinajstić information content (AvgIpc) is 2.42. The van der Waals surface area contributed by atoms with E-state index in [4.69, 9.17) is 10.5 Å². The molecule has 0 heterocycles. The Balaban J connectivity index is 2.07. The number of amides is 1. The second-order valence-corrected chi connectivity index (χ2v) is 6.31. The Labute approximate surface area is 127 Å². The Kier molecular flexibility index (Phi) is 4.88. The van der Waals surface area contributed by atoms with E-state index >= 15 is 0 Å². The van der Waals surface area contributed by atoms with Gasteiger partial charge in [-0.15, -0.1) is 0 Å². The van der Waals surface area contributed by atoms with Crippen LogP contribution in [-0.2, 0) is 4.79 Å².